The average Bonchev–Trinajstić information content (AvgIpc) is 2.87. The Morgan fingerprint density at radius 3 is 2.24 bits per heavy atom. The molecule has 1 amide bonds. The Labute approximate surface area is 202 Å². The molecule has 0 unspecified atom stereocenters. The minimum absolute atomic E-state index is 0.240. The smallest absolute Gasteiger partial charge is 0.259 e. The maximum atomic E-state index is 13.2. The number of benzene rings is 4. The molecule has 0 radical (unpaired) electrons. The Morgan fingerprint density at radius 1 is 0.758 bits per heavy atom. The Hall–Kier alpha value is -3.57. The van der Waals surface area contributed by atoms with E-state index in [4.69, 9.17) is 9.47 Å². The van der Waals surface area contributed by atoms with E-state index in [0.717, 1.165) is 22.4 Å². The van der Waals surface area contributed by atoms with Gasteiger partial charge >= 0.3 is 0 Å². The van der Waals surface area contributed by atoms with Crippen LogP contribution in [0.3, 0.4) is 0 Å². The molecule has 0 saturated heterocycles. The van der Waals surface area contributed by atoms with Crippen molar-refractivity contribution in [1.82, 2.24) is 0 Å². The van der Waals surface area contributed by atoms with Gasteiger partial charge in [-0.05, 0) is 41.0 Å². The zero-order valence-corrected chi connectivity index (χ0v) is 19.6. The molecule has 0 saturated carbocycles. The van der Waals surface area contributed by atoms with E-state index in [-0.39, 0.29) is 5.91 Å². The lowest BCUT2D eigenvalue weighted by molar-refractivity contribution is 0.102. The van der Waals surface area contributed by atoms with Crippen LogP contribution in [0.25, 0.3) is 11.1 Å². The maximum Gasteiger partial charge on any atom is 0.259 e. The summed E-state index contributed by atoms with van der Waals surface area (Å²) < 4.78 is 11.8. The van der Waals surface area contributed by atoms with Crippen LogP contribution in [-0.4, -0.2) is 17.8 Å². The zero-order chi connectivity index (χ0) is 22.9. The van der Waals surface area contributed by atoms with Crippen LogP contribution in [-0.2, 0) is 6.61 Å². The molecule has 33 heavy (non-hydrogen) atoms. The lowest BCUT2D eigenvalue weighted by atomic mass is 10.1. The molecule has 0 aliphatic carbocycles. The molecule has 0 aliphatic heterocycles. The van der Waals surface area contributed by atoms with Gasteiger partial charge in [0.25, 0.3) is 5.91 Å². The molecule has 0 fully saturated rings. The van der Waals surface area contributed by atoms with Crippen molar-refractivity contribution in [1.29, 1.82) is 0 Å². The van der Waals surface area contributed by atoms with E-state index in [9.17, 15) is 4.79 Å². The molecule has 4 nitrogen and oxygen atoms in total. The number of carbonyl (C=O) groups excluding carboxylic acids is 1. The van der Waals surface area contributed by atoms with Crippen molar-refractivity contribution in [2.75, 3.05) is 17.3 Å². The number of rotatable bonds is 9. The Morgan fingerprint density at radius 2 is 1.48 bits per heavy atom. The minimum Gasteiger partial charge on any atom is -0.493 e. The fourth-order valence-electron chi connectivity index (χ4n) is 3.40. The standard InChI is InChI=1S/C28H24BrNO3/c29-16-17-32-25-14-15-26(27(19-25)33-20-21-8-3-1-4-9-21)28(31)30-24-13-7-12-23(18-24)22-10-5-2-6-11-22/h1-15,18-19H,16-17,20H2,(H,30,31). The first-order valence-electron chi connectivity index (χ1n) is 10.7. The van der Waals surface area contributed by atoms with Crippen molar-refractivity contribution >= 4 is 27.5 Å². The van der Waals surface area contributed by atoms with Gasteiger partial charge in [-0.3, -0.25) is 4.79 Å². The topological polar surface area (TPSA) is 47.6 Å². The predicted molar refractivity (Wildman–Crippen MR) is 136 cm³/mol. The summed E-state index contributed by atoms with van der Waals surface area (Å²) in [6.45, 7) is 0.877. The molecule has 0 bridgehead atoms. The molecule has 1 N–H and O–H groups in total. The van der Waals surface area contributed by atoms with Gasteiger partial charge in [-0.25, -0.2) is 0 Å². The van der Waals surface area contributed by atoms with Gasteiger partial charge in [-0.15, -0.1) is 0 Å². The number of hydrogen-bond acceptors (Lipinski definition) is 3. The average molecular weight is 502 g/mol. The molecule has 166 valence electrons. The Bertz CT molecular complexity index is 1200. The van der Waals surface area contributed by atoms with Crippen LogP contribution in [0.15, 0.2) is 103 Å². The van der Waals surface area contributed by atoms with Crippen LogP contribution < -0.4 is 14.8 Å². The minimum atomic E-state index is -0.240. The number of alkyl halides is 1. The fraction of sp³-hybridized carbons (Fsp3) is 0.107. The van der Waals surface area contributed by atoms with Gasteiger partial charge in [0.1, 0.15) is 18.1 Å². The van der Waals surface area contributed by atoms with E-state index in [1.807, 2.05) is 84.9 Å². The second-order valence-corrected chi connectivity index (χ2v) is 8.16. The third-order valence-electron chi connectivity index (χ3n) is 5.01. The third kappa shape index (κ3) is 6.24. The summed E-state index contributed by atoms with van der Waals surface area (Å²) in [7, 11) is 0. The second kappa shape index (κ2) is 11.3. The van der Waals surface area contributed by atoms with Crippen LogP contribution in [0.2, 0.25) is 0 Å². The third-order valence-corrected chi connectivity index (χ3v) is 5.33. The number of halogens is 1. The van der Waals surface area contributed by atoms with Gasteiger partial charge in [0.15, 0.2) is 0 Å². The number of carbonyl (C=O) groups is 1. The highest BCUT2D eigenvalue weighted by Gasteiger charge is 2.15. The molecule has 0 spiro atoms. The second-order valence-electron chi connectivity index (χ2n) is 7.37. The van der Waals surface area contributed by atoms with Gasteiger partial charge in [-0.1, -0.05) is 88.7 Å². The Balaban J connectivity index is 1.55. The quantitative estimate of drug-likeness (QED) is 0.252. The van der Waals surface area contributed by atoms with E-state index in [2.05, 4.69) is 21.2 Å². The van der Waals surface area contributed by atoms with E-state index in [1.54, 1.807) is 18.2 Å². The first kappa shape index (κ1) is 22.6. The molecule has 5 heteroatoms. The van der Waals surface area contributed by atoms with Crippen LogP contribution in [0.4, 0.5) is 5.69 Å². The highest BCUT2D eigenvalue weighted by molar-refractivity contribution is 9.09. The van der Waals surface area contributed by atoms with Gasteiger partial charge < -0.3 is 14.8 Å². The molecule has 4 aromatic rings. The van der Waals surface area contributed by atoms with E-state index in [0.29, 0.717) is 35.6 Å². The largest absolute Gasteiger partial charge is 0.493 e. The van der Waals surface area contributed by atoms with E-state index >= 15 is 0 Å². The number of nitrogens with one attached hydrogen (secondary N) is 1. The molecule has 0 atom stereocenters. The SMILES string of the molecule is O=C(Nc1cccc(-c2ccccc2)c1)c1ccc(OCCBr)cc1OCc1ccccc1. The summed E-state index contributed by atoms with van der Waals surface area (Å²) in [5.74, 6) is 0.887. The molecular weight excluding hydrogens is 478 g/mol. The highest BCUT2D eigenvalue weighted by atomic mass is 79.9. The molecular formula is C28H24BrNO3. The predicted octanol–water partition coefficient (Wildman–Crippen LogP) is 6.96. The van der Waals surface area contributed by atoms with Crippen LogP contribution in [0.1, 0.15) is 15.9 Å². The van der Waals surface area contributed by atoms with Crippen molar-refractivity contribution in [3.05, 3.63) is 114 Å². The monoisotopic (exact) mass is 501 g/mol. The summed E-state index contributed by atoms with van der Waals surface area (Å²) in [6.07, 6.45) is 0. The van der Waals surface area contributed by atoms with Gasteiger partial charge in [-0.2, -0.15) is 0 Å². The molecule has 4 aromatic carbocycles. The molecule has 0 heterocycles. The summed E-state index contributed by atoms with van der Waals surface area (Å²) in [6, 6.07) is 33.0. The lowest BCUT2D eigenvalue weighted by Crippen LogP contribution is -2.14. The van der Waals surface area contributed by atoms with Crippen LogP contribution in [0, 0.1) is 0 Å². The van der Waals surface area contributed by atoms with Crippen molar-refractivity contribution in [2.45, 2.75) is 6.61 Å². The summed E-state index contributed by atoms with van der Waals surface area (Å²) >= 11 is 3.36. The summed E-state index contributed by atoms with van der Waals surface area (Å²) in [4.78, 5) is 13.2. The number of amides is 1. The lowest BCUT2D eigenvalue weighted by Gasteiger charge is -2.14. The van der Waals surface area contributed by atoms with Crippen molar-refractivity contribution in [3.63, 3.8) is 0 Å². The molecule has 0 aliphatic rings. The van der Waals surface area contributed by atoms with E-state index in [1.165, 1.54) is 0 Å². The van der Waals surface area contributed by atoms with Crippen molar-refractivity contribution < 1.29 is 14.3 Å². The normalized spacial score (nSPS) is 10.5. The van der Waals surface area contributed by atoms with Crippen molar-refractivity contribution in [2.24, 2.45) is 0 Å². The number of ether oxygens (including phenoxy) is 2. The molecule has 0 aromatic heterocycles. The van der Waals surface area contributed by atoms with Gasteiger partial charge in [0.05, 0.1) is 12.2 Å². The zero-order valence-electron chi connectivity index (χ0n) is 18.0. The fourth-order valence-corrected chi connectivity index (χ4v) is 3.56. The highest BCUT2D eigenvalue weighted by Crippen LogP contribution is 2.28. The van der Waals surface area contributed by atoms with Gasteiger partial charge in [0, 0.05) is 17.1 Å². The Kier molecular flexibility index (Phi) is 7.77. The number of hydrogen-bond donors (Lipinski definition) is 1. The molecule has 4 rings (SSSR count). The summed E-state index contributed by atoms with van der Waals surface area (Å²) in [5, 5.41) is 3.72. The first-order chi connectivity index (χ1) is 16.2. The van der Waals surface area contributed by atoms with E-state index < -0.39 is 0 Å². The van der Waals surface area contributed by atoms with Gasteiger partial charge in [0.2, 0.25) is 0 Å². The van der Waals surface area contributed by atoms with Crippen molar-refractivity contribution in [3.8, 4) is 22.6 Å². The summed E-state index contributed by atoms with van der Waals surface area (Å²) in [5.41, 5.74) is 4.31. The van der Waals surface area contributed by atoms with Crippen LogP contribution >= 0.6 is 15.9 Å². The number of anilines is 1. The maximum absolute atomic E-state index is 13.2. The first-order valence-corrected chi connectivity index (χ1v) is 11.8. The van der Waals surface area contributed by atoms with Crippen LogP contribution in [0.5, 0.6) is 11.5 Å².